The molecule has 25 heavy (non-hydrogen) atoms. The summed E-state index contributed by atoms with van der Waals surface area (Å²) >= 11 is 0. The number of nitro groups is 2. The van der Waals surface area contributed by atoms with Crippen molar-refractivity contribution in [1.29, 1.82) is 0 Å². The van der Waals surface area contributed by atoms with Crippen molar-refractivity contribution in [2.45, 2.75) is 0 Å². The Morgan fingerprint density at radius 1 is 0.880 bits per heavy atom. The minimum absolute atomic E-state index is 0.0134. The summed E-state index contributed by atoms with van der Waals surface area (Å²) in [7, 11) is 0. The Bertz CT molecular complexity index is 946. The van der Waals surface area contributed by atoms with Crippen LogP contribution in [0, 0.1) is 20.2 Å². The largest absolute Gasteiger partial charge is 0.430 e. The van der Waals surface area contributed by atoms with Crippen LogP contribution in [0.3, 0.4) is 0 Å². The van der Waals surface area contributed by atoms with Crippen LogP contribution < -0.4 is 4.74 Å². The molecular weight excluding hydrogens is 328 g/mol. The van der Waals surface area contributed by atoms with E-state index in [9.17, 15) is 20.2 Å². The highest BCUT2D eigenvalue weighted by molar-refractivity contribution is 5.70. The molecule has 9 heteroatoms. The molecule has 2 heterocycles. The predicted molar refractivity (Wildman–Crippen MR) is 87.3 cm³/mol. The van der Waals surface area contributed by atoms with Gasteiger partial charge in [-0.2, -0.15) is 0 Å². The first-order chi connectivity index (χ1) is 12.1. The third-order valence-corrected chi connectivity index (χ3v) is 3.23. The lowest BCUT2D eigenvalue weighted by Gasteiger charge is -2.07. The molecule has 3 rings (SSSR count). The Morgan fingerprint density at radius 2 is 1.64 bits per heavy atom. The van der Waals surface area contributed by atoms with Gasteiger partial charge in [0.25, 0.3) is 5.69 Å². The van der Waals surface area contributed by atoms with Crippen LogP contribution in [0.25, 0.3) is 11.3 Å². The molecule has 2 aromatic heterocycles. The molecule has 0 N–H and O–H groups in total. The number of hydrogen-bond acceptors (Lipinski definition) is 7. The predicted octanol–water partition coefficient (Wildman–Crippen LogP) is 3.75. The first-order valence-corrected chi connectivity index (χ1v) is 7.04. The van der Waals surface area contributed by atoms with Gasteiger partial charge >= 0.3 is 5.82 Å². The third-order valence-electron chi connectivity index (χ3n) is 3.23. The lowest BCUT2D eigenvalue weighted by molar-refractivity contribution is -0.390. The number of benzene rings is 1. The molecule has 0 bridgehead atoms. The number of ether oxygens (including phenoxy) is 1. The second kappa shape index (κ2) is 6.71. The zero-order valence-corrected chi connectivity index (χ0v) is 12.6. The molecule has 0 amide bonds. The van der Waals surface area contributed by atoms with Gasteiger partial charge in [-0.1, -0.05) is 30.3 Å². The van der Waals surface area contributed by atoms with Crippen LogP contribution in [0.2, 0.25) is 0 Å². The van der Waals surface area contributed by atoms with Crippen LogP contribution in [0.5, 0.6) is 11.6 Å². The average molecular weight is 338 g/mol. The topological polar surface area (TPSA) is 121 Å². The van der Waals surface area contributed by atoms with E-state index in [-0.39, 0.29) is 23.0 Å². The SMILES string of the molecule is O=[N+]([O-])c1ccc(Oc2cccnc2[N+](=O)[O-])nc1-c1ccccc1. The monoisotopic (exact) mass is 338 g/mol. The maximum Gasteiger partial charge on any atom is 0.406 e. The quantitative estimate of drug-likeness (QED) is 0.513. The second-order valence-corrected chi connectivity index (χ2v) is 4.82. The lowest BCUT2D eigenvalue weighted by Crippen LogP contribution is -1.99. The standard InChI is InChI=1S/C16H10N4O5/c21-19(22)12-8-9-14(18-15(12)11-5-2-1-3-6-11)25-13-7-4-10-17-16(13)20(23)24/h1-10H. The van der Waals surface area contributed by atoms with E-state index in [2.05, 4.69) is 9.97 Å². The van der Waals surface area contributed by atoms with E-state index in [0.717, 1.165) is 0 Å². The molecule has 0 saturated heterocycles. The smallest absolute Gasteiger partial charge is 0.406 e. The molecule has 0 unspecified atom stereocenters. The van der Waals surface area contributed by atoms with E-state index < -0.39 is 15.7 Å². The van der Waals surface area contributed by atoms with Gasteiger partial charge in [0, 0.05) is 17.7 Å². The van der Waals surface area contributed by atoms with Gasteiger partial charge in [-0.25, -0.2) is 4.98 Å². The van der Waals surface area contributed by atoms with Crippen molar-refractivity contribution in [3.05, 3.63) is 81.0 Å². The molecular formula is C16H10N4O5. The Kier molecular flexibility index (Phi) is 4.29. The average Bonchev–Trinajstić information content (AvgIpc) is 2.62. The lowest BCUT2D eigenvalue weighted by atomic mass is 10.1. The summed E-state index contributed by atoms with van der Waals surface area (Å²) < 4.78 is 5.43. The highest BCUT2D eigenvalue weighted by Crippen LogP contribution is 2.33. The van der Waals surface area contributed by atoms with Gasteiger partial charge in [0.1, 0.15) is 6.20 Å². The molecule has 3 aromatic rings. The summed E-state index contributed by atoms with van der Waals surface area (Å²) in [6.45, 7) is 0. The van der Waals surface area contributed by atoms with Gasteiger partial charge in [0.15, 0.2) is 5.69 Å². The number of hydrogen-bond donors (Lipinski definition) is 0. The number of pyridine rings is 2. The van der Waals surface area contributed by atoms with Crippen molar-refractivity contribution in [2.75, 3.05) is 0 Å². The van der Waals surface area contributed by atoms with Crippen LogP contribution in [0.15, 0.2) is 60.8 Å². The van der Waals surface area contributed by atoms with Crippen LogP contribution in [-0.4, -0.2) is 19.8 Å². The fourth-order valence-corrected chi connectivity index (χ4v) is 2.16. The Labute approximate surface area is 140 Å². The number of rotatable bonds is 5. The Morgan fingerprint density at radius 3 is 2.32 bits per heavy atom. The van der Waals surface area contributed by atoms with Gasteiger partial charge in [-0.15, -0.1) is 0 Å². The third kappa shape index (κ3) is 3.39. The second-order valence-electron chi connectivity index (χ2n) is 4.82. The van der Waals surface area contributed by atoms with Crippen LogP contribution in [0.1, 0.15) is 0 Å². The molecule has 9 nitrogen and oxygen atoms in total. The Hall–Kier alpha value is -3.88. The van der Waals surface area contributed by atoms with Crippen LogP contribution in [0.4, 0.5) is 11.5 Å². The molecule has 124 valence electrons. The minimum atomic E-state index is -0.682. The summed E-state index contributed by atoms with van der Waals surface area (Å²) in [5.41, 5.74) is 0.439. The van der Waals surface area contributed by atoms with Crippen molar-refractivity contribution in [1.82, 2.24) is 9.97 Å². The summed E-state index contributed by atoms with van der Waals surface area (Å²) in [6, 6.07) is 13.9. The summed E-state index contributed by atoms with van der Waals surface area (Å²) in [4.78, 5) is 28.8. The molecule has 0 aliphatic heterocycles. The fraction of sp³-hybridized carbons (Fsp3) is 0. The van der Waals surface area contributed by atoms with Crippen molar-refractivity contribution >= 4 is 11.5 Å². The highest BCUT2D eigenvalue weighted by Gasteiger charge is 2.21. The maximum atomic E-state index is 11.2. The molecule has 0 fully saturated rings. The number of aromatic nitrogens is 2. The highest BCUT2D eigenvalue weighted by atomic mass is 16.6. The van der Waals surface area contributed by atoms with Gasteiger partial charge in [0.05, 0.1) is 4.92 Å². The summed E-state index contributed by atoms with van der Waals surface area (Å²) in [6.07, 6.45) is 1.27. The van der Waals surface area contributed by atoms with Gasteiger partial charge in [-0.05, 0) is 22.0 Å². The molecule has 0 radical (unpaired) electrons. The van der Waals surface area contributed by atoms with Gasteiger partial charge in [-0.3, -0.25) is 10.1 Å². The van der Waals surface area contributed by atoms with Crippen molar-refractivity contribution in [3.63, 3.8) is 0 Å². The fourth-order valence-electron chi connectivity index (χ4n) is 2.16. The van der Waals surface area contributed by atoms with Crippen LogP contribution >= 0.6 is 0 Å². The van der Waals surface area contributed by atoms with E-state index in [4.69, 9.17) is 4.74 Å². The molecule has 1 aromatic carbocycles. The summed E-state index contributed by atoms with van der Waals surface area (Å²) in [5, 5.41) is 22.2. The molecule has 0 spiro atoms. The van der Waals surface area contributed by atoms with E-state index in [1.807, 2.05) is 0 Å². The summed E-state index contributed by atoms with van der Waals surface area (Å²) in [5.74, 6) is -0.586. The molecule has 0 aliphatic carbocycles. The minimum Gasteiger partial charge on any atom is -0.430 e. The van der Waals surface area contributed by atoms with Crippen molar-refractivity contribution in [2.24, 2.45) is 0 Å². The van der Waals surface area contributed by atoms with Crippen molar-refractivity contribution < 1.29 is 14.6 Å². The van der Waals surface area contributed by atoms with Crippen molar-refractivity contribution in [3.8, 4) is 22.9 Å². The van der Waals surface area contributed by atoms with E-state index in [0.29, 0.717) is 5.56 Å². The van der Waals surface area contributed by atoms with E-state index in [1.165, 1.54) is 30.5 Å². The zero-order chi connectivity index (χ0) is 17.8. The van der Waals surface area contributed by atoms with E-state index in [1.54, 1.807) is 30.3 Å². The first-order valence-electron chi connectivity index (χ1n) is 7.04. The van der Waals surface area contributed by atoms with Crippen LogP contribution in [-0.2, 0) is 0 Å². The zero-order valence-electron chi connectivity index (χ0n) is 12.6. The Balaban J connectivity index is 2.05. The number of nitrogens with zero attached hydrogens (tertiary/aromatic N) is 4. The molecule has 0 saturated carbocycles. The maximum absolute atomic E-state index is 11.2. The van der Waals surface area contributed by atoms with Gasteiger partial charge in [0.2, 0.25) is 11.6 Å². The van der Waals surface area contributed by atoms with Gasteiger partial charge < -0.3 is 14.9 Å². The van der Waals surface area contributed by atoms with E-state index >= 15 is 0 Å². The first kappa shape index (κ1) is 16.0. The molecule has 0 atom stereocenters. The normalized spacial score (nSPS) is 10.2. The molecule has 0 aliphatic rings.